The van der Waals surface area contributed by atoms with Gasteiger partial charge in [-0.3, -0.25) is 5.10 Å². The lowest BCUT2D eigenvalue weighted by Crippen LogP contribution is -2.40. The summed E-state index contributed by atoms with van der Waals surface area (Å²) < 4.78 is 13.2. The zero-order valence-corrected chi connectivity index (χ0v) is 14.4. The van der Waals surface area contributed by atoms with Crippen molar-refractivity contribution >= 4 is 5.57 Å². The Morgan fingerprint density at radius 1 is 1.32 bits per heavy atom. The van der Waals surface area contributed by atoms with E-state index in [0.29, 0.717) is 0 Å². The Bertz CT molecular complexity index is 775. The molecular weight excluding hydrogens is 319 g/mol. The van der Waals surface area contributed by atoms with E-state index in [4.69, 9.17) is 0 Å². The Labute approximate surface area is 146 Å². The highest BCUT2D eigenvalue weighted by Crippen LogP contribution is 2.29. The second-order valence-corrected chi connectivity index (χ2v) is 6.20. The first-order valence-corrected chi connectivity index (χ1v) is 8.48. The monoisotopic (exact) mass is 342 g/mol. The number of aliphatic hydroxyl groups excluding tert-OH is 1. The molecule has 0 radical (unpaired) electrons. The van der Waals surface area contributed by atoms with Crippen LogP contribution < -0.4 is 10.6 Å². The molecule has 0 saturated heterocycles. The lowest BCUT2D eigenvalue weighted by atomic mass is 9.98. The number of H-pyrrole nitrogens is 1. The van der Waals surface area contributed by atoms with Crippen LogP contribution in [0.3, 0.4) is 0 Å². The van der Waals surface area contributed by atoms with Gasteiger partial charge in [0.05, 0.1) is 24.2 Å². The minimum absolute atomic E-state index is 0.00576. The van der Waals surface area contributed by atoms with Crippen molar-refractivity contribution in [2.75, 3.05) is 6.61 Å². The van der Waals surface area contributed by atoms with Crippen LogP contribution in [0, 0.1) is 5.82 Å². The second kappa shape index (κ2) is 7.53. The van der Waals surface area contributed by atoms with Crippen molar-refractivity contribution in [3.8, 4) is 11.3 Å². The van der Waals surface area contributed by atoms with Crippen molar-refractivity contribution in [1.29, 1.82) is 0 Å². The predicted octanol–water partition coefficient (Wildman–Crippen LogP) is 2.79. The first-order chi connectivity index (χ1) is 12.1. The minimum atomic E-state index is -0.267. The van der Waals surface area contributed by atoms with E-state index in [1.54, 1.807) is 12.1 Å². The van der Waals surface area contributed by atoms with Gasteiger partial charge >= 0.3 is 0 Å². The third-order valence-corrected chi connectivity index (χ3v) is 4.25. The molecule has 2 heterocycles. The molecule has 25 heavy (non-hydrogen) atoms. The lowest BCUT2D eigenvalue weighted by molar-refractivity contribution is 0.244. The average molecular weight is 342 g/mol. The molecule has 6 heteroatoms. The molecule has 0 saturated carbocycles. The number of aromatic amines is 1. The third-order valence-electron chi connectivity index (χ3n) is 4.25. The number of allylic oxidation sites excluding steroid dienone is 2. The van der Waals surface area contributed by atoms with Gasteiger partial charge < -0.3 is 15.7 Å². The van der Waals surface area contributed by atoms with E-state index in [-0.39, 0.29) is 24.5 Å². The lowest BCUT2D eigenvalue weighted by Gasteiger charge is -2.26. The number of aromatic nitrogens is 2. The van der Waals surface area contributed by atoms with Crippen molar-refractivity contribution in [1.82, 2.24) is 20.8 Å². The standard InChI is InChI=1S/C19H23FN4O/c1-3-16(11-25)23-18-9-14(8-12(2)22-18)17-10-21-24-19(17)13-4-6-15(20)7-5-13/h4-10,12,16,22-23,25H,3,11H2,1-2H3,(H,21,24). The molecule has 2 unspecified atom stereocenters. The quantitative estimate of drug-likeness (QED) is 0.651. The smallest absolute Gasteiger partial charge is 0.123 e. The number of nitrogens with zero attached hydrogens (tertiary/aromatic N) is 1. The van der Waals surface area contributed by atoms with Crippen LogP contribution in [-0.4, -0.2) is 34.0 Å². The number of nitrogens with one attached hydrogen (secondary N) is 3. The highest BCUT2D eigenvalue weighted by molar-refractivity contribution is 5.84. The molecule has 0 fully saturated rings. The van der Waals surface area contributed by atoms with Gasteiger partial charge in [-0.2, -0.15) is 5.10 Å². The van der Waals surface area contributed by atoms with Crippen LogP contribution >= 0.6 is 0 Å². The number of dihydropyridines is 1. The Morgan fingerprint density at radius 3 is 2.76 bits per heavy atom. The van der Waals surface area contributed by atoms with Gasteiger partial charge in [0.25, 0.3) is 0 Å². The summed E-state index contributed by atoms with van der Waals surface area (Å²) in [6.45, 7) is 4.17. The Hall–Kier alpha value is -2.60. The van der Waals surface area contributed by atoms with Gasteiger partial charge in [-0.1, -0.05) is 13.0 Å². The summed E-state index contributed by atoms with van der Waals surface area (Å²) in [6, 6.07) is 6.46. The zero-order valence-electron chi connectivity index (χ0n) is 14.4. The Balaban J connectivity index is 1.92. The van der Waals surface area contributed by atoms with Crippen LogP contribution in [0.25, 0.3) is 16.8 Å². The number of hydrogen-bond acceptors (Lipinski definition) is 4. The van der Waals surface area contributed by atoms with E-state index in [2.05, 4.69) is 33.8 Å². The van der Waals surface area contributed by atoms with Gasteiger partial charge in [0, 0.05) is 23.4 Å². The van der Waals surface area contributed by atoms with Crippen LogP contribution in [-0.2, 0) is 0 Å². The van der Waals surface area contributed by atoms with E-state index in [1.165, 1.54) is 12.1 Å². The van der Waals surface area contributed by atoms with E-state index in [9.17, 15) is 9.50 Å². The Kier molecular flexibility index (Phi) is 5.19. The fourth-order valence-corrected chi connectivity index (χ4v) is 2.89. The average Bonchev–Trinajstić information content (AvgIpc) is 3.09. The molecule has 1 aliphatic rings. The van der Waals surface area contributed by atoms with Gasteiger partial charge in [-0.05, 0) is 49.3 Å². The maximum Gasteiger partial charge on any atom is 0.123 e. The molecule has 132 valence electrons. The summed E-state index contributed by atoms with van der Waals surface area (Å²) in [5.41, 5.74) is 3.62. The number of hydrogen-bond donors (Lipinski definition) is 4. The summed E-state index contributed by atoms with van der Waals surface area (Å²) in [5.74, 6) is 0.605. The molecular formula is C19H23FN4O. The molecule has 0 spiro atoms. The molecule has 1 aliphatic heterocycles. The van der Waals surface area contributed by atoms with Crippen molar-refractivity contribution in [2.45, 2.75) is 32.4 Å². The Morgan fingerprint density at radius 2 is 2.08 bits per heavy atom. The van der Waals surface area contributed by atoms with Crippen molar-refractivity contribution in [2.24, 2.45) is 0 Å². The number of halogens is 1. The summed E-state index contributed by atoms with van der Waals surface area (Å²) in [6.07, 6.45) is 6.80. The zero-order chi connectivity index (χ0) is 17.8. The van der Waals surface area contributed by atoms with E-state index in [0.717, 1.165) is 34.6 Å². The molecule has 4 N–H and O–H groups in total. The van der Waals surface area contributed by atoms with Crippen LogP contribution in [0.1, 0.15) is 25.8 Å². The van der Waals surface area contributed by atoms with Gasteiger partial charge in [-0.15, -0.1) is 0 Å². The van der Waals surface area contributed by atoms with Gasteiger partial charge in [0.1, 0.15) is 5.82 Å². The molecule has 3 rings (SSSR count). The summed E-state index contributed by atoms with van der Waals surface area (Å²) in [4.78, 5) is 0. The maximum absolute atomic E-state index is 13.2. The van der Waals surface area contributed by atoms with Crippen LogP contribution in [0.4, 0.5) is 4.39 Å². The molecule has 2 aromatic rings. The van der Waals surface area contributed by atoms with Gasteiger partial charge in [0.15, 0.2) is 0 Å². The first kappa shape index (κ1) is 17.2. The summed E-state index contributed by atoms with van der Waals surface area (Å²) >= 11 is 0. The van der Waals surface area contributed by atoms with Crippen LogP contribution in [0.2, 0.25) is 0 Å². The highest BCUT2D eigenvalue weighted by atomic mass is 19.1. The van der Waals surface area contributed by atoms with Crippen molar-refractivity contribution < 1.29 is 9.50 Å². The maximum atomic E-state index is 13.2. The fourth-order valence-electron chi connectivity index (χ4n) is 2.89. The largest absolute Gasteiger partial charge is 0.394 e. The minimum Gasteiger partial charge on any atom is -0.394 e. The number of aliphatic hydroxyl groups is 1. The molecule has 5 nitrogen and oxygen atoms in total. The van der Waals surface area contributed by atoms with Crippen LogP contribution in [0.5, 0.6) is 0 Å². The molecule has 1 aromatic carbocycles. The van der Waals surface area contributed by atoms with Crippen molar-refractivity contribution in [3.05, 3.63) is 59.8 Å². The SMILES string of the molecule is CCC(CO)NC1=CC(c2c[nH]nc2-c2ccc(F)cc2)=CC(C)N1. The fraction of sp³-hybridized carbons (Fsp3) is 0.316. The molecule has 0 aliphatic carbocycles. The van der Waals surface area contributed by atoms with E-state index >= 15 is 0 Å². The molecule has 2 atom stereocenters. The number of benzene rings is 1. The predicted molar refractivity (Wildman–Crippen MR) is 96.9 cm³/mol. The molecule has 0 bridgehead atoms. The van der Waals surface area contributed by atoms with Crippen molar-refractivity contribution in [3.63, 3.8) is 0 Å². The third kappa shape index (κ3) is 3.91. The first-order valence-electron chi connectivity index (χ1n) is 8.48. The summed E-state index contributed by atoms with van der Waals surface area (Å²) in [7, 11) is 0. The number of rotatable bonds is 6. The van der Waals surface area contributed by atoms with Gasteiger partial charge in [-0.25, -0.2) is 4.39 Å². The van der Waals surface area contributed by atoms with E-state index in [1.807, 2.05) is 19.2 Å². The second-order valence-electron chi connectivity index (χ2n) is 6.20. The summed E-state index contributed by atoms with van der Waals surface area (Å²) in [5, 5.41) is 23.3. The van der Waals surface area contributed by atoms with Gasteiger partial charge in [0.2, 0.25) is 0 Å². The topological polar surface area (TPSA) is 73.0 Å². The molecule has 0 amide bonds. The molecule has 1 aromatic heterocycles. The highest BCUT2D eigenvalue weighted by Gasteiger charge is 2.18. The van der Waals surface area contributed by atoms with Crippen LogP contribution in [0.15, 0.2) is 48.4 Å². The normalized spacial score (nSPS) is 18.2. The van der Waals surface area contributed by atoms with E-state index < -0.39 is 0 Å².